The Bertz CT molecular complexity index is 917. The largest absolute Gasteiger partial charge is 0.353 e. The first-order valence-electron chi connectivity index (χ1n) is 10.4. The molecule has 3 heterocycles. The van der Waals surface area contributed by atoms with E-state index in [1.54, 1.807) is 10.7 Å². The molecule has 1 aliphatic heterocycles. The molecule has 2 aromatic rings. The van der Waals surface area contributed by atoms with Gasteiger partial charge < -0.3 is 15.1 Å². The normalized spacial score (nSPS) is 19.7. The summed E-state index contributed by atoms with van der Waals surface area (Å²) in [5.74, 6) is 1.17. The number of rotatable bonds is 7. The van der Waals surface area contributed by atoms with E-state index in [2.05, 4.69) is 42.0 Å². The zero-order chi connectivity index (χ0) is 20.3. The number of likely N-dealkylation sites (N-methyl/N-ethyl adjacent to an activating group) is 1. The summed E-state index contributed by atoms with van der Waals surface area (Å²) < 4.78 is 29.3. The third-order valence-corrected chi connectivity index (χ3v) is 7.07. The first kappa shape index (κ1) is 20.3. The van der Waals surface area contributed by atoms with Gasteiger partial charge in [-0.25, -0.2) is 13.1 Å². The van der Waals surface area contributed by atoms with Crippen LogP contribution in [0.3, 0.4) is 0 Å². The van der Waals surface area contributed by atoms with Crippen LogP contribution in [0, 0.1) is 0 Å². The van der Waals surface area contributed by atoms with Crippen LogP contribution in [-0.4, -0.2) is 84.5 Å². The average Bonchev–Trinajstić information content (AvgIpc) is 3.17. The van der Waals surface area contributed by atoms with Gasteiger partial charge in [0, 0.05) is 44.8 Å². The molecule has 2 N–H and O–H groups in total. The van der Waals surface area contributed by atoms with Crippen molar-refractivity contribution in [1.29, 1.82) is 0 Å². The summed E-state index contributed by atoms with van der Waals surface area (Å²) in [6.45, 7) is 3.90. The lowest BCUT2D eigenvalue weighted by Crippen LogP contribution is -2.45. The van der Waals surface area contributed by atoms with Gasteiger partial charge in [0.1, 0.15) is 0 Å². The maximum absolute atomic E-state index is 12.4. The molecule has 11 heteroatoms. The summed E-state index contributed by atoms with van der Waals surface area (Å²) in [5, 5.41) is 7.41. The number of anilines is 2. The Morgan fingerprint density at radius 3 is 2.62 bits per heavy atom. The van der Waals surface area contributed by atoms with Crippen LogP contribution in [0.1, 0.15) is 32.1 Å². The fourth-order valence-corrected chi connectivity index (χ4v) is 5.14. The van der Waals surface area contributed by atoms with Gasteiger partial charge in [0.15, 0.2) is 5.65 Å². The van der Waals surface area contributed by atoms with Crippen molar-refractivity contribution in [1.82, 2.24) is 29.2 Å². The van der Waals surface area contributed by atoms with Crippen LogP contribution in [0.5, 0.6) is 0 Å². The van der Waals surface area contributed by atoms with E-state index in [9.17, 15) is 8.42 Å². The quantitative estimate of drug-likeness (QED) is 0.666. The SMILES string of the molecule is CN1CCN(c2nc(NCCS(=O)(=O)NC3CCCCC3)n3nccc3n2)CC1. The van der Waals surface area contributed by atoms with E-state index in [0.29, 0.717) is 17.5 Å². The van der Waals surface area contributed by atoms with E-state index in [0.717, 1.165) is 51.9 Å². The highest BCUT2D eigenvalue weighted by molar-refractivity contribution is 7.89. The van der Waals surface area contributed by atoms with Crippen molar-refractivity contribution in [2.45, 2.75) is 38.1 Å². The van der Waals surface area contributed by atoms with Gasteiger partial charge in [0.05, 0.1) is 11.9 Å². The van der Waals surface area contributed by atoms with Crippen LogP contribution < -0.4 is 14.9 Å². The van der Waals surface area contributed by atoms with Gasteiger partial charge in [0.2, 0.25) is 21.9 Å². The minimum absolute atomic E-state index is 0.000106. The number of hydrogen-bond donors (Lipinski definition) is 2. The molecule has 0 unspecified atom stereocenters. The number of aromatic nitrogens is 4. The molecule has 1 saturated heterocycles. The Labute approximate surface area is 171 Å². The van der Waals surface area contributed by atoms with Crippen molar-refractivity contribution < 1.29 is 8.42 Å². The van der Waals surface area contributed by atoms with Crippen molar-refractivity contribution in [3.8, 4) is 0 Å². The second-order valence-corrected chi connectivity index (χ2v) is 9.81. The van der Waals surface area contributed by atoms with Crippen molar-refractivity contribution in [3.05, 3.63) is 12.3 Å². The van der Waals surface area contributed by atoms with Crippen molar-refractivity contribution in [3.63, 3.8) is 0 Å². The summed E-state index contributed by atoms with van der Waals surface area (Å²) >= 11 is 0. The van der Waals surface area contributed by atoms with E-state index in [1.165, 1.54) is 6.42 Å². The predicted octanol–water partition coefficient (Wildman–Crippen LogP) is 0.540. The molecule has 2 aromatic heterocycles. The van der Waals surface area contributed by atoms with E-state index in [4.69, 9.17) is 0 Å². The highest BCUT2D eigenvalue weighted by atomic mass is 32.2. The third-order valence-electron chi connectivity index (χ3n) is 5.64. The zero-order valence-electron chi connectivity index (χ0n) is 16.9. The molecular weight excluding hydrogens is 392 g/mol. The van der Waals surface area contributed by atoms with Crippen molar-refractivity contribution >= 4 is 27.6 Å². The Hall–Kier alpha value is -1.98. The Balaban J connectivity index is 1.41. The summed E-state index contributed by atoms with van der Waals surface area (Å²) in [7, 11) is -1.23. The summed E-state index contributed by atoms with van der Waals surface area (Å²) in [5.41, 5.74) is 0.694. The van der Waals surface area contributed by atoms with Gasteiger partial charge in [0.25, 0.3) is 0 Å². The van der Waals surface area contributed by atoms with E-state index >= 15 is 0 Å². The number of piperazine rings is 1. The lowest BCUT2D eigenvalue weighted by atomic mass is 9.96. The number of sulfonamides is 1. The van der Waals surface area contributed by atoms with Gasteiger partial charge in [-0.05, 0) is 19.9 Å². The standard InChI is InChI=1S/C18H30N8O2S/c1-24-10-12-25(13-11-24)18-21-16-7-8-20-26(16)17(22-18)19-9-14-29(27,28)23-15-5-3-2-4-6-15/h7-8,15,23H,2-6,9-14H2,1H3,(H,19,21,22). The van der Waals surface area contributed by atoms with E-state index in [1.807, 2.05) is 6.07 Å². The molecule has 0 aromatic carbocycles. The Morgan fingerprint density at radius 1 is 1.10 bits per heavy atom. The van der Waals surface area contributed by atoms with E-state index < -0.39 is 10.0 Å². The highest BCUT2D eigenvalue weighted by Gasteiger charge is 2.21. The summed E-state index contributed by atoms with van der Waals surface area (Å²) in [4.78, 5) is 13.7. The van der Waals surface area contributed by atoms with Crippen LogP contribution in [0.2, 0.25) is 0 Å². The maximum atomic E-state index is 12.4. The average molecular weight is 423 g/mol. The molecule has 0 amide bonds. The molecule has 29 heavy (non-hydrogen) atoms. The van der Waals surface area contributed by atoms with Gasteiger partial charge >= 0.3 is 0 Å². The first-order valence-corrected chi connectivity index (χ1v) is 12.0. The van der Waals surface area contributed by atoms with Gasteiger partial charge in [-0.15, -0.1) is 0 Å². The highest BCUT2D eigenvalue weighted by Crippen LogP contribution is 2.18. The lowest BCUT2D eigenvalue weighted by Gasteiger charge is -2.32. The van der Waals surface area contributed by atoms with Crippen molar-refractivity contribution in [2.75, 3.05) is 55.7 Å². The molecule has 4 rings (SSSR count). The fraction of sp³-hybridized carbons (Fsp3) is 0.722. The Morgan fingerprint density at radius 2 is 1.86 bits per heavy atom. The second kappa shape index (κ2) is 8.80. The van der Waals surface area contributed by atoms with Gasteiger partial charge in [-0.2, -0.15) is 19.6 Å². The molecule has 0 radical (unpaired) electrons. The molecule has 0 bridgehead atoms. The molecule has 0 spiro atoms. The van der Waals surface area contributed by atoms with Crippen LogP contribution in [0.4, 0.5) is 11.9 Å². The minimum Gasteiger partial charge on any atom is -0.353 e. The Kier molecular flexibility index (Phi) is 6.16. The second-order valence-electron chi connectivity index (χ2n) is 7.94. The monoisotopic (exact) mass is 422 g/mol. The molecule has 1 saturated carbocycles. The third kappa shape index (κ3) is 5.14. The summed E-state index contributed by atoms with van der Waals surface area (Å²) in [6, 6.07) is 1.91. The van der Waals surface area contributed by atoms with E-state index in [-0.39, 0.29) is 18.3 Å². The van der Waals surface area contributed by atoms with Gasteiger partial charge in [-0.1, -0.05) is 19.3 Å². The van der Waals surface area contributed by atoms with Crippen molar-refractivity contribution in [2.24, 2.45) is 0 Å². The maximum Gasteiger partial charge on any atom is 0.230 e. The number of fused-ring (bicyclic) bond motifs is 1. The van der Waals surface area contributed by atoms with Crippen LogP contribution in [0.25, 0.3) is 5.65 Å². The summed E-state index contributed by atoms with van der Waals surface area (Å²) in [6.07, 6.45) is 6.92. The molecule has 2 fully saturated rings. The van der Waals surface area contributed by atoms with Crippen LogP contribution in [0.15, 0.2) is 12.3 Å². The smallest absolute Gasteiger partial charge is 0.230 e. The minimum atomic E-state index is -3.33. The van der Waals surface area contributed by atoms with Crippen LogP contribution in [-0.2, 0) is 10.0 Å². The molecule has 2 aliphatic rings. The number of nitrogens with one attached hydrogen (secondary N) is 2. The molecular formula is C18H30N8O2S. The van der Waals surface area contributed by atoms with Crippen LogP contribution >= 0.6 is 0 Å². The fourth-order valence-electron chi connectivity index (χ4n) is 3.91. The topological polar surface area (TPSA) is 108 Å². The zero-order valence-corrected chi connectivity index (χ0v) is 17.7. The molecule has 1 aliphatic carbocycles. The first-order chi connectivity index (χ1) is 14.0. The number of nitrogens with zero attached hydrogens (tertiary/aromatic N) is 6. The molecule has 160 valence electrons. The number of hydrogen-bond acceptors (Lipinski definition) is 8. The predicted molar refractivity (Wildman–Crippen MR) is 113 cm³/mol. The molecule has 0 atom stereocenters. The van der Waals surface area contributed by atoms with Gasteiger partial charge in [-0.3, -0.25) is 0 Å². The lowest BCUT2D eigenvalue weighted by molar-refractivity contribution is 0.311. The molecule has 10 nitrogen and oxygen atoms in total.